The number of rotatable bonds is 3. The van der Waals surface area contributed by atoms with E-state index in [1.165, 1.54) is 71.2 Å². The van der Waals surface area contributed by atoms with Gasteiger partial charge in [-0.1, -0.05) is 12.8 Å². The molecule has 0 aromatic heterocycles. The average Bonchev–Trinajstić information content (AvgIpc) is 2.29. The molecule has 0 amide bonds. The molecular weight excluding hydrogens is 184 g/mol. The molecule has 1 unspecified atom stereocenters. The van der Waals surface area contributed by atoms with Crippen LogP contribution >= 0.6 is 0 Å². The van der Waals surface area contributed by atoms with Gasteiger partial charge in [0, 0.05) is 19.1 Å². The van der Waals surface area contributed by atoms with Gasteiger partial charge in [-0.15, -0.1) is 0 Å². The molecule has 2 heterocycles. The summed E-state index contributed by atoms with van der Waals surface area (Å²) in [7, 11) is 0. The van der Waals surface area contributed by atoms with E-state index in [2.05, 4.69) is 16.7 Å². The van der Waals surface area contributed by atoms with Crippen LogP contribution in [0.15, 0.2) is 0 Å². The van der Waals surface area contributed by atoms with Crippen molar-refractivity contribution < 1.29 is 0 Å². The first-order chi connectivity index (χ1) is 7.36. The first-order valence-corrected chi connectivity index (χ1v) is 6.82. The molecule has 0 aromatic rings. The fourth-order valence-corrected chi connectivity index (χ4v) is 2.94. The van der Waals surface area contributed by atoms with Crippen LogP contribution in [0.3, 0.4) is 0 Å². The van der Waals surface area contributed by atoms with E-state index < -0.39 is 0 Å². The van der Waals surface area contributed by atoms with Gasteiger partial charge in [0.1, 0.15) is 0 Å². The van der Waals surface area contributed by atoms with E-state index in [-0.39, 0.29) is 0 Å². The second-order valence-electron chi connectivity index (χ2n) is 5.28. The molecule has 2 heteroatoms. The molecule has 0 saturated carbocycles. The number of nitrogens with zero attached hydrogens (tertiary/aromatic N) is 2. The summed E-state index contributed by atoms with van der Waals surface area (Å²) in [5.41, 5.74) is 0. The number of hydrogen-bond donors (Lipinski definition) is 0. The van der Waals surface area contributed by atoms with E-state index in [9.17, 15) is 0 Å². The molecule has 0 spiro atoms. The van der Waals surface area contributed by atoms with Crippen LogP contribution in [0.5, 0.6) is 0 Å². The van der Waals surface area contributed by atoms with Crippen LogP contribution in [0.4, 0.5) is 0 Å². The van der Waals surface area contributed by atoms with Gasteiger partial charge in [0.2, 0.25) is 0 Å². The standard InChI is InChI=1S/C13H26N2/c1-13-7-3-6-10-15(13)12-11-14-8-4-2-5-9-14/h13H,2-12H2,1H3. The summed E-state index contributed by atoms with van der Waals surface area (Å²) in [4.78, 5) is 5.35. The lowest BCUT2D eigenvalue weighted by atomic mass is 10.0. The minimum Gasteiger partial charge on any atom is -0.302 e. The molecule has 2 nitrogen and oxygen atoms in total. The van der Waals surface area contributed by atoms with E-state index in [4.69, 9.17) is 0 Å². The molecule has 0 aliphatic carbocycles. The Morgan fingerprint density at radius 2 is 1.60 bits per heavy atom. The molecule has 88 valence electrons. The van der Waals surface area contributed by atoms with Gasteiger partial charge in [0.25, 0.3) is 0 Å². The zero-order chi connectivity index (χ0) is 10.5. The molecule has 1 atom stereocenters. The molecule has 2 aliphatic heterocycles. The minimum absolute atomic E-state index is 0.837. The van der Waals surface area contributed by atoms with Crippen LogP contribution < -0.4 is 0 Å². The zero-order valence-electron chi connectivity index (χ0n) is 10.2. The summed E-state index contributed by atoms with van der Waals surface area (Å²) >= 11 is 0. The van der Waals surface area contributed by atoms with Crippen LogP contribution in [0.25, 0.3) is 0 Å². The fraction of sp³-hybridized carbons (Fsp3) is 1.00. The molecule has 2 saturated heterocycles. The fourth-order valence-electron chi connectivity index (χ4n) is 2.94. The molecule has 15 heavy (non-hydrogen) atoms. The van der Waals surface area contributed by atoms with Gasteiger partial charge >= 0.3 is 0 Å². The highest BCUT2D eigenvalue weighted by Gasteiger charge is 2.19. The van der Waals surface area contributed by atoms with Crippen molar-refractivity contribution in [1.29, 1.82) is 0 Å². The summed E-state index contributed by atoms with van der Waals surface area (Å²) in [5.74, 6) is 0. The van der Waals surface area contributed by atoms with Gasteiger partial charge in [0.05, 0.1) is 0 Å². The quantitative estimate of drug-likeness (QED) is 0.705. The Kier molecular flexibility index (Phi) is 4.45. The second kappa shape index (κ2) is 5.86. The predicted molar refractivity (Wildman–Crippen MR) is 65.2 cm³/mol. The molecule has 2 fully saturated rings. The first-order valence-electron chi connectivity index (χ1n) is 6.82. The van der Waals surface area contributed by atoms with Gasteiger partial charge < -0.3 is 4.90 Å². The van der Waals surface area contributed by atoms with Gasteiger partial charge in [-0.05, 0) is 52.2 Å². The molecule has 2 rings (SSSR count). The predicted octanol–water partition coefficient (Wildman–Crippen LogP) is 2.35. The highest BCUT2D eigenvalue weighted by molar-refractivity contribution is 4.75. The lowest BCUT2D eigenvalue weighted by Crippen LogP contribution is -2.43. The average molecular weight is 210 g/mol. The topological polar surface area (TPSA) is 6.48 Å². The monoisotopic (exact) mass is 210 g/mol. The van der Waals surface area contributed by atoms with Crippen molar-refractivity contribution in [3.8, 4) is 0 Å². The molecule has 0 N–H and O–H groups in total. The number of piperidine rings is 2. The van der Waals surface area contributed by atoms with Crippen molar-refractivity contribution in [1.82, 2.24) is 9.80 Å². The maximum Gasteiger partial charge on any atom is 0.0112 e. The van der Waals surface area contributed by atoms with Crippen molar-refractivity contribution in [2.75, 3.05) is 32.7 Å². The maximum atomic E-state index is 2.69. The second-order valence-corrected chi connectivity index (χ2v) is 5.28. The lowest BCUT2D eigenvalue weighted by Gasteiger charge is -2.35. The van der Waals surface area contributed by atoms with Crippen LogP contribution in [0.2, 0.25) is 0 Å². The summed E-state index contributed by atoms with van der Waals surface area (Å²) < 4.78 is 0. The van der Waals surface area contributed by atoms with Crippen LogP contribution in [0, 0.1) is 0 Å². The van der Waals surface area contributed by atoms with Crippen LogP contribution in [-0.4, -0.2) is 48.6 Å². The van der Waals surface area contributed by atoms with E-state index in [1.807, 2.05) is 0 Å². The zero-order valence-corrected chi connectivity index (χ0v) is 10.2. The Morgan fingerprint density at radius 3 is 2.33 bits per heavy atom. The molecule has 0 bridgehead atoms. The Hall–Kier alpha value is -0.0800. The number of likely N-dealkylation sites (tertiary alicyclic amines) is 2. The highest BCUT2D eigenvalue weighted by atomic mass is 15.2. The van der Waals surface area contributed by atoms with E-state index >= 15 is 0 Å². The van der Waals surface area contributed by atoms with Crippen molar-refractivity contribution in [3.05, 3.63) is 0 Å². The molecule has 0 aromatic carbocycles. The third-order valence-corrected chi connectivity index (χ3v) is 4.09. The minimum atomic E-state index is 0.837. The third-order valence-electron chi connectivity index (χ3n) is 4.09. The van der Waals surface area contributed by atoms with Crippen molar-refractivity contribution in [2.45, 2.75) is 51.5 Å². The van der Waals surface area contributed by atoms with Gasteiger partial charge in [-0.2, -0.15) is 0 Å². The Balaban J connectivity index is 1.67. The number of hydrogen-bond acceptors (Lipinski definition) is 2. The Bertz CT molecular complexity index is 175. The van der Waals surface area contributed by atoms with Gasteiger partial charge in [-0.3, -0.25) is 4.90 Å². The van der Waals surface area contributed by atoms with Crippen LogP contribution in [-0.2, 0) is 0 Å². The summed E-state index contributed by atoms with van der Waals surface area (Å²) in [6.07, 6.45) is 8.59. The van der Waals surface area contributed by atoms with Crippen molar-refractivity contribution in [3.63, 3.8) is 0 Å². The van der Waals surface area contributed by atoms with Crippen LogP contribution in [0.1, 0.15) is 45.4 Å². The van der Waals surface area contributed by atoms with E-state index in [0.717, 1.165) is 6.04 Å². The smallest absolute Gasteiger partial charge is 0.0112 e. The van der Waals surface area contributed by atoms with Crippen molar-refractivity contribution >= 4 is 0 Å². The Morgan fingerprint density at radius 1 is 0.867 bits per heavy atom. The van der Waals surface area contributed by atoms with Crippen molar-refractivity contribution in [2.24, 2.45) is 0 Å². The SMILES string of the molecule is CC1CCCCN1CCN1CCCCC1. The van der Waals surface area contributed by atoms with Gasteiger partial charge in [-0.25, -0.2) is 0 Å². The first kappa shape index (κ1) is 11.4. The third kappa shape index (κ3) is 3.46. The lowest BCUT2D eigenvalue weighted by molar-refractivity contribution is 0.127. The Labute approximate surface area is 94.6 Å². The molecule has 0 radical (unpaired) electrons. The summed E-state index contributed by atoms with van der Waals surface area (Å²) in [6.45, 7) is 9.06. The molecule has 2 aliphatic rings. The largest absolute Gasteiger partial charge is 0.302 e. The van der Waals surface area contributed by atoms with Gasteiger partial charge in [0.15, 0.2) is 0 Å². The highest BCUT2D eigenvalue weighted by Crippen LogP contribution is 2.16. The summed E-state index contributed by atoms with van der Waals surface area (Å²) in [6, 6.07) is 0.837. The molecular formula is C13H26N2. The normalized spacial score (nSPS) is 30.6. The van der Waals surface area contributed by atoms with E-state index in [0.29, 0.717) is 0 Å². The maximum absolute atomic E-state index is 2.69. The van der Waals surface area contributed by atoms with E-state index in [1.54, 1.807) is 0 Å². The summed E-state index contributed by atoms with van der Waals surface area (Å²) in [5, 5.41) is 0.